The maximum atomic E-state index is 4.75. The van der Waals surface area contributed by atoms with Crippen LogP contribution >= 0.6 is 0 Å². The highest BCUT2D eigenvalue weighted by molar-refractivity contribution is 5.01. The highest BCUT2D eigenvalue weighted by Gasteiger charge is 2.12. The summed E-state index contributed by atoms with van der Waals surface area (Å²) in [4.78, 5) is 0. The van der Waals surface area contributed by atoms with Gasteiger partial charge in [-0.15, -0.1) is 0 Å². The largest absolute Gasteiger partial charge is 0.319 e. The van der Waals surface area contributed by atoms with Crippen molar-refractivity contribution in [2.75, 3.05) is 13.6 Å². The van der Waals surface area contributed by atoms with Crippen LogP contribution in [0.5, 0.6) is 0 Å². The van der Waals surface area contributed by atoms with E-state index in [1.54, 1.807) is 0 Å². The Morgan fingerprint density at radius 2 is 2.00 bits per heavy atom. The van der Waals surface area contributed by atoms with Crippen molar-refractivity contribution in [3.05, 3.63) is 18.0 Å². The van der Waals surface area contributed by atoms with E-state index in [0.717, 1.165) is 25.8 Å². The Balaban J connectivity index is 2.61. The van der Waals surface area contributed by atoms with Crippen molar-refractivity contribution in [3.8, 4) is 0 Å². The zero-order valence-corrected chi connectivity index (χ0v) is 12.4. The molecule has 0 radical (unpaired) electrons. The fourth-order valence-electron chi connectivity index (χ4n) is 2.62. The lowest BCUT2D eigenvalue weighted by Gasteiger charge is -2.15. The molecule has 0 saturated carbocycles. The molecule has 0 fully saturated rings. The third-order valence-corrected chi connectivity index (χ3v) is 3.67. The zero-order chi connectivity index (χ0) is 13.4. The van der Waals surface area contributed by atoms with Gasteiger partial charge < -0.3 is 5.32 Å². The van der Waals surface area contributed by atoms with E-state index in [4.69, 9.17) is 5.10 Å². The molecule has 0 aliphatic heterocycles. The van der Waals surface area contributed by atoms with Crippen molar-refractivity contribution < 1.29 is 0 Å². The van der Waals surface area contributed by atoms with Crippen LogP contribution in [0.4, 0.5) is 0 Å². The first-order valence-corrected chi connectivity index (χ1v) is 7.43. The molecule has 0 aliphatic rings. The molecular formula is C15H29N3. The SMILES string of the molecule is CCCC(CNC)Cc1ccn(C(CC)CC)n1. The standard InChI is InChI=1S/C15H29N3/c1-5-8-13(12-16-4)11-14-9-10-18(17-14)15(6-2)7-3/h9-10,13,15-16H,5-8,11-12H2,1-4H3. The van der Waals surface area contributed by atoms with Crippen LogP contribution in [0, 0.1) is 5.92 Å². The first-order chi connectivity index (χ1) is 8.74. The smallest absolute Gasteiger partial charge is 0.0627 e. The second kappa shape index (κ2) is 8.30. The summed E-state index contributed by atoms with van der Waals surface area (Å²) in [6, 6.07) is 2.75. The average molecular weight is 251 g/mol. The van der Waals surface area contributed by atoms with Crippen molar-refractivity contribution in [2.45, 2.75) is 58.9 Å². The Labute approximate surface area is 112 Å². The fraction of sp³-hybridized carbons (Fsp3) is 0.800. The molecule has 0 aromatic carbocycles. The monoisotopic (exact) mass is 251 g/mol. The first kappa shape index (κ1) is 15.2. The molecule has 3 heteroatoms. The number of nitrogens with zero attached hydrogens (tertiary/aromatic N) is 2. The summed E-state index contributed by atoms with van der Waals surface area (Å²) in [7, 11) is 2.03. The molecular weight excluding hydrogens is 222 g/mol. The van der Waals surface area contributed by atoms with Crippen molar-refractivity contribution in [1.29, 1.82) is 0 Å². The molecule has 3 nitrogen and oxygen atoms in total. The van der Waals surface area contributed by atoms with Gasteiger partial charge in [0.05, 0.1) is 11.7 Å². The Kier molecular flexibility index (Phi) is 7.02. The van der Waals surface area contributed by atoms with Crippen LogP contribution in [0.3, 0.4) is 0 Å². The van der Waals surface area contributed by atoms with Crippen LogP contribution in [0.1, 0.15) is 58.2 Å². The molecule has 0 amide bonds. The van der Waals surface area contributed by atoms with Gasteiger partial charge in [-0.2, -0.15) is 5.10 Å². The maximum Gasteiger partial charge on any atom is 0.0627 e. The van der Waals surface area contributed by atoms with Gasteiger partial charge in [-0.25, -0.2) is 0 Å². The van der Waals surface area contributed by atoms with Crippen molar-refractivity contribution in [2.24, 2.45) is 5.92 Å². The number of nitrogens with one attached hydrogen (secondary N) is 1. The average Bonchev–Trinajstić information content (AvgIpc) is 2.80. The summed E-state index contributed by atoms with van der Waals surface area (Å²) in [5.74, 6) is 0.713. The van der Waals surface area contributed by atoms with Crippen LogP contribution in [-0.4, -0.2) is 23.4 Å². The Morgan fingerprint density at radius 3 is 2.56 bits per heavy atom. The minimum atomic E-state index is 0.563. The molecule has 1 aromatic rings. The summed E-state index contributed by atoms with van der Waals surface area (Å²) < 4.78 is 2.15. The molecule has 1 aromatic heterocycles. The van der Waals surface area contributed by atoms with Gasteiger partial charge in [0.1, 0.15) is 0 Å². The predicted octanol–water partition coefficient (Wildman–Crippen LogP) is 3.42. The summed E-state index contributed by atoms with van der Waals surface area (Å²) in [5.41, 5.74) is 1.25. The van der Waals surface area contributed by atoms with Crippen molar-refractivity contribution in [1.82, 2.24) is 15.1 Å². The van der Waals surface area contributed by atoms with Gasteiger partial charge in [0.15, 0.2) is 0 Å². The van der Waals surface area contributed by atoms with Crippen molar-refractivity contribution >= 4 is 0 Å². The minimum Gasteiger partial charge on any atom is -0.319 e. The number of hydrogen-bond acceptors (Lipinski definition) is 2. The lowest BCUT2D eigenvalue weighted by atomic mass is 9.98. The van der Waals surface area contributed by atoms with E-state index in [1.165, 1.54) is 18.5 Å². The first-order valence-electron chi connectivity index (χ1n) is 7.43. The molecule has 0 spiro atoms. The highest BCUT2D eigenvalue weighted by atomic mass is 15.3. The molecule has 1 atom stereocenters. The van der Waals surface area contributed by atoms with Crippen LogP contribution in [-0.2, 0) is 6.42 Å². The highest BCUT2D eigenvalue weighted by Crippen LogP contribution is 2.17. The molecule has 1 unspecified atom stereocenters. The van der Waals surface area contributed by atoms with Crippen molar-refractivity contribution in [3.63, 3.8) is 0 Å². The molecule has 18 heavy (non-hydrogen) atoms. The zero-order valence-electron chi connectivity index (χ0n) is 12.4. The fourth-order valence-corrected chi connectivity index (χ4v) is 2.62. The normalized spacial score (nSPS) is 13.2. The predicted molar refractivity (Wildman–Crippen MR) is 77.9 cm³/mol. The summed E-state index contributed by atoms with van der Waals surface area (Å²) >= 11 is 0. The van der Waals surface area contributed by atoms with Gasteiger partial charge in [-0.1, -0.05) is 27.2 Å². The van der Waals surface area contributed by atoms with E-state index in [0.29, 0.717) is 12.0 Å². The number of rotatable bonds is 9. The lowest BCUT2D eigenvalue weighted by molar-refractivity contribution is 0.414. The third-order valence-electron chi connectivity index (χ3n) is 3.67. The lowest BCUT2D eigenvalue weighted by Crippen LogP contribution is -2.21. The van der Waals surface area contributed by atoms with Crippen LogP contribution < -0.4 is 5.32 Å². The van der Waals surface area contributed by atoms with Gasteiger partial charge >= 0.3 is 0 Å². The van der Waals surface area contributed by atoms with E-state index in [1.807, 2.05) is 7.05 Å². The third kappa shape index (κ3) is 4.45. The van der Waals surface area contributed by atoms with E-state index >= 15 is 0 Å². The van der Waals surface area contributed by atoms with E-state index < -0.39 is 0 Å². The molecule has 1 heterocycles. The van der Waals surface area contributed by atoms with E-state index in [2.05, 4.69) is 43.0 Å². The minimum absolute atomic E-state index is 0.563. The molecule has 1 rings (SSSR count). The van der Waals surface area contributed by atoms with Gasteiger partial charge in [0, 0.05) is 6.20 Å². The summed E-state index contributed by atoms with van der Waals surface area (Å²) in [6.07, 6.45) is 8.09. The second-order valence-electron chi connectivity index (χ2n) is 5.17. The van der Waals surface area contributed by atoms with Gasteiger partial charge in [-0.3, -0.25) is 4.68 Å². The summed E-state index contributed by atoms with van der Waals surface area (Å²) in [6.45, 7) is 7.81. The quantitative estimate of drug-likeness (QED) is 0.729. The number of aromatic nitrogens is 2. The molecule has 1 N–H and O–H groups in total. The molecule has 0 bridgehead atoms. The second-order valence-corrected chi connectivity index (χ2v) is 5.17. The van der Waals surface area contributed by atoms with Gasteiger partial charge in [-0.05, 0) is 51.3 Å². The summed E-state index contributed by atoms with van der Waals surface area (Å²) in [5, 5.41) is 8.04. The Morgan fingerprint density at radius 1 is 1.28 bits per heavy atom. The topological polar surface area (TPSA) is 29.9 Å². The number of hydrogen-bond donors (Lipinski definition) is 1. The molecule has 104 valence electrons. The molecule has 0 aliphatic carbocycles. The van der Waals surface area contributed by atoms with Crippen LogP contribution in [0.15, 0.2) is 12.3 Å². The van der Waals surface area contributed by atoms with Gasteiger partial charge in [0.25, 0.3) is 0 Å². The van der Waals surface area contributed by atoms with Crippen LogP contribution in [0.2, 0.25) is 0 Å². The van der Waals surface area contributed by atoms with E-state index in [-0.39, 0.29) is 0 Å². The van der Waals surface area contributed by atoms with E-state index in [9.17, 15) is 0 Å². The maximum absolute atomic E-state index is 4.75. The molecule has 0 saturated heterocycles. The Bertz CT molecular complexity index is 309. The van der Waals surface area contributed by atoms with Crippen LogP contribution in [0.25, 0.3) is 0 Å². The van der Waals surface area contributed by atoms with Gasteiger partial charge in [0.2, 0.25) is 0 Å². The Hall–Kier alpha value is -0.830.